The molecule has 0 aromatic heterocycles. The monoisotopic (exact) mass is 531 g/mol. The van der Waals surface area contributed by atoms with Crippen LogP contribution in [0, 0.1) is 0 Å². The number of carboxylic acid groups (broad SMARTS) is 2. The zero-order valence-corrected chi connectivity index (χ0v) is 21.5. The number of nitrogens with one attached hydrogen (secondary N) is 3. The number of fused-ring (bicyclic) bond motifs is 1. The van der Waals surface area contributed by atoms with Crippen LogP contribution in [0.3, 0.4) is 0 Å². The Hall–Kier alpha value is -3.14. The van der Waals surface area contributed by atoms with Crippen LogP contribution < -0.4 is 16.0 Å². The number of rotatable bonds is 8. The molecule has 0 radical (unpaired) electrons. The van der Waals surface area contributed by atoms with Crippen molar-refractivity contribution in [2.45, 2.75) is 51.1 Å². The van der Waals surface area contributed by atoms with Crippen LogP contribution in [0.1, 0.15) is 52.7 Å². The van der Waals surface area contributed by atoms with E-state index in [0.29, 0.717) is 12.1 Å². The van der Waals surface area contributed by atoms with Gasteiger partial charge in [0.25, 0.3) is 5.91 Å². The SMILES string of the molecule is O=C(NC1CCOCC1)c1ccc(CNc2c(Cl)ccc3c2CCNCC3)cc1.O=C(O)CCC(=O)O. The zero-order valence-electron chi connectivity index (χ0n) is 20.7. The van der Waals surface area contributed by atoms with Crippen LogP contribution >= 0.6 is 11.6 Å². The molecule has 0 atom stereocenters. The Labute approximate surface area is 221 Å². The Balaban J connectivity index is 0.000000414. The summed E-state index contributed by atoms with van der Waals surface area (Å²) in [5.41, 5.74) is 5.53. The van der Waals surface area contributed by atoms with Gasteiger partial charge in [0.2, 0.25) is 0 Å². The third-order valence-corrected chi connectivity index (χ3v) is 6.59. The summed E-state index contributed by atoms with van der Waals surface area (Å²) in [5, 5.41) is 26.6. The summed E-state index contributed by atoms with van der Waals surface area (Å²) in [7, 11) is 0. The number of carbonyl (C=O) groups excluding carboxylic acids is 1. The second kappa shape index (κ2) is 14.6. The minimum absolute atomic E-state index is 0.0136. The molecule has 200 valence electrons. The van der Waals surface area contributed by atoms with E-state index in [1.807, 2.05) is 30.3 Å². The number of anilines is 1. The molecule has 2 heterocycles. The highest BCUT2D eigenvalue weighted by Gasteiger charge is 2.17. The normalized spacial score (nSPS) is 15.4. The number of benzene rings is 2. The van der Waals surface area contributed by atoms with Crippen LogP contribution in [0.25, 0.3) is 0 Å². The van der Waals surface area contributed by atoms with E-state index in [-0.39, 0.29) is 24.8 Å². The molecule has 0 aliphatic carbocycles. The molecule has 0 unspecified atom stereocenters. The molecule has 2 aliphatic rings. The van der Waals surface area contributed by atoms with Gasteiger partial charge in [-0.3, -0.25) is 14.4 Å². The van der Waals surface area contributed by atoms with Crippen molar-refractivity contribution in [2.24, 2.45) is 0 Å². The Morgan fingerprint density at radius 1 is 0.946 bits per heavy atom. The first-order chi connectivity index (χ1) is 17.8. The number of hydrogen-bond donors (Lipinski definition) is 5. The summed E-state index contributed by atoms with van der Waals surface area (Å²) in [6, 6.07) is 12.1. The van der Waals surface area contributed by atoms with E-state index in [9.17, 15) is 14.4 Å². The largest absolute Gasteiger partial charge is 0.481 e. The molecule has 2 aromatic carbocycles. The van der Waals surface area contributed by atoms with Crippen molar-refractivity contribution >= 4 is 35.1 Å². The van der Waals surface area contributed by atoms with E-state index in [4.69, 9.17) is 26.6 Å². The summed E-state index contributed by atoms with van der Waals surface area (Å²) < 4.78 is 5.34. The summed E-state index contributed by atoms with van der Waals surface area (Å²) in [5.74, 6) is -2.17. The number of carboxylic acids is 2. The lowest BCUT2D eigenvalue weighted by Gasteiger charge is -2.23. The van der Waals surface area contributed by atoms with Crippen molar-refractivity contribution in [1.82, 2.24) is 10.6 Å². The van der Waals surface area contributed by atoms with Crippen LogP contribution in [0.4, 0.5) is 5.69 Å². The maximum absolute atomic E-state index is 12.5. The van der Waals surface area contributed by atoms with Crippen LogP contribution in [0.5, 0.6) is 0 Å². The molecule has 10 heteroatoms. The van der Waals surface area contributed by atoms with Gasteiger partial charge in [-0.15, -0.1) is 0 Å². The van der Waals surface area contributed by atoms with Crippen molar-refractivity contribution in [3.8, 4) is 0 Å². The number of aliphatic carboxylic acids is 2. The molecule has 1 amide bonds. The quantitative estimate of drug-likeness (QED) is 0.349. The topological polar surface area (TPSA) is 137 Å². The van der Waals surface area contributed by atoms with E-state index >= 15 is 0 Å². The van der Waals surface area contributed by atoms with Crippen molar-refractivity contribution in [2.75, 3.05) is 31.6 Å². The summed E-state index contributed by atoms with van der Waals surface area (Å²) >= 11 is 6.50. The van der Waals surface area contributed by atoms with Crippen LogP contribution in [0.2, 0.25) is 5.02 Å². The average Bonchev–Trinajstić information content (AvgIpc) is 3.14. The van der Waals surface area contributed by atoms with E-state index in [1.165, 1.54) is 11.1 Å². The fourth-order valence-electron chi connectivity index (χ4n) is 4.22. The third-order valence-electron chi connectivity index (χ3n) is 6.28. The van der Waals surface area contributed by atoms with Crippen molar-refractivity contribution < 1.29 is 29.3 Å². The molecular weight excluding hydrogens is 498 g/mol. The maximum Gasteiger partial charge on any atom is 0.303 e. The maximum atomic E-state index is 12.5. The first-order valence-corrected chi connectivity index (χ1v) is 12.9. The standard InChI is InChI=1S/C23H28ClN3O2.C4H6O4/c24-21-6-5-17-7-11-25-12-8-20(17)22(21)26-15-16-1-3-18(4-2-16)23(28)27-19-9-13-29-14-10-19;5-3(6)1-2-4(7)8/h1-6,19,25-26H,7-15H2,(H,27,28);1-2H2,(H,5,6)(H,7,8). The molecule has 2 aromatic rings. The minimum Gasteiger partial charge on any atom is -0.481 e. The van der Waals surface area contributed by atoms with Crippen molar-refractivity contribution in [1.29, 1.82) is 0 Å². The molecule has 0 saturated carbocycles. The van der Waals surface area contributed by atoms with Gasteiger partial charge in [-0.2, -0.15) is 0 Å². The van der Waals surface area contributed by atoms with Crippen LogP contribution in [-0.4, -0.2) is 60.4 Å². The highest BCUT2D eigenvalue weighted by molar-refractivity contribution is 6.33. The Morgan fingerprint density at radius 2 is 1.59 bits per heavy atom. The molecule has 5 N–H and O–H groups in total. The fourth-order valence-corrected chi connectivity index (χ4v) is 4.47. The van der Waals surface area contributed by atoms with Gasteiger partial charge in [0, 0.05) is 31.4 Å². The molecule has 37 heavy (non-hydrogen) atoms. The van der Waals surface area contributed by atoms with Crippen molar-refractivity contribution in [3.05, 3.63) is 63.7 Å². The fraction of sp³-hybridized carbons (Fsp3) is 0.444. The first-order valence-electron chi connectivity index (χ1n) is 12.5. The van der Waals surface area contributed by atoms with Gasteiger partial charge in [-0.1, -0.05) is 29.8 Å². The molecule has 9 nitrogen and oxygen atoms in total. The van der Waals surface area contributed by atoms with Gasteiger partial charge in [-0.05, 0) is 73.7 Å². The Morgan fingerprint density at radius 3 is 2.24 bits per heavy atom. The molecule has 1 saturated heterocycles. The zero-order chi connectivity index (χ0) is 26.6. The Kier molecular flexibility index (Phi) is 11.2. The average molecular weight is 532 g/mol. The highest BCUT2D eigenvalue weighted by atomic mass is 35.5. The second-order valence-electron chi connectivity index (χ2n) is 9.01. The van der Waals surface area contributed by atoms with Gasteiger partial charge in [-0.25, -0.2) is 0 Å². The molecule has 0 spiro atoms. The lowest BCUT2D eigenvalue weighted by molar-refractivity contribution is -0.143. The van der Waals surface area contributed by atoms with Gasteiger partial charge in [0.1, 0.15) is 0 Å². The predicted octanol–water partition coefficient (Wildman–Crippen LogP) is 3.48. The second-order valence-corrected chi connectivity index (χ2v) is 9.42. The number of halogens is 1. The van der Waals surface area contributed by atoms with Gasteiger partial charge < -0.3 is 30.9 Å². The van der Waals surface area contributed by atoms with E-state index < -0.39 is 11.9 Å². The summed E-state index contributed by atoms with van der Waals surface area (Å²) in [6.07, 6.45) is 3.17. The van der Waals surface area contributed by atoms with E-state index in [0.717, 1.165) is 68.3 Å². The predicted molar refractivity (Wildman–Crippen MR) is 141 cm³/mol. The lowest BCUT2D eigenvalue weighted by Crippen LogP contribution is -2.38. The number of hydrogen-bond acceptors (Lipinski definition) is 6. The van der Waals surface area contributed by atoms with Crippen LogP contribution in [-0.2, 0) is 33.7 Å². The Bertz CT molecular complexity index is 1060. The van der Waals surface area contributed by atoms with Gasteiger partial charge in [0.15, 0.2) is 0 Å². The minimum atomic E-state index is -1.08. The smallest absolute Gasteiger partial charge is 0.303 e. The van der Waals surface area contributed by atoms with Gasteiger partial charge >= 0.3 is 11.9 Å². The molecular formula is C27H34ClN3O6. The molecule has 1 fully saturated rings. The van der Waals surface area contributed by atoms with Crippen LogP contribution in [0.15, 0.2) is 36.4 Å². The van der Waals surface area contributed by atoms with Crippen molar-refractivity contribution in [3.63, 3.8) is 0 Å². The van der Waals surface area contributed by atoms with Gasteiger partial charge in [0.05, 0.1) is 23.6 Å². The molecule has 2 aliphatic heterocycles. The number of ether oxygens (including phenoxy) is 1. The van der Waals surface area contributed by atoms with E-state index in [1.54, 1.807) is 0 Å². The molecule has 0 bridgehead atoms. The number of amides is 1. The highest BCUT2D eigenvalue weighted by Crippen LogP contribution is 2.31. The third kappa shape index (κ3) is 9.35. The lowest BCUT2D eigenvalue weighted by atomic mass is 10.0. The number of carbonyl (C=O) groups is 3. The summed E-state index contributed by atoms with van der Waals surface area (Å²) in [6.45, 7) is 4.09. The summed E-state index contributed by atoms with van der Waals surface area (Å²) in [4.78, 5) is 31.7. The first kappa shape index (κ1) is 28.4. The molecule has 4 rings (SSSR count). The van der Waals surface area contributed by atoms with E-state index in [2.05, 4.69) is 22.0 Å².